The van der Waals surface area contributed by atoms with Gasteiger partial charge in [-0.3, -0.25) is 4.90 Å². The van der Waals surface area contributed by atoms with Crippen LogP contribution in [0.5, 0.6) is 0 Å². The zero-order valence-corrected chi connectivity index (χ0v) is 11.4. The van der Waals surface area contributed by atoms with E-state index >= 15 is 0 Å². The smallest absolute Gasteiger partial charge is 0.0601 e. The molecule has 0 aromatic carbocycles. The van der Waals surface area contributed by atoms with Crippen LogP contribution in [0.4, 0.5) is 0 Å². The molecule has 1 nitrogen and oxygen atoms in total. The molecule has 0 aromatic heterocycles. The Hall–Kier alpha value is -0.480. The fraction of sp³-hybridized carbons (Fsp3) is 0.857. The van der Waals surface area contributed by atoms with Crippen LogP contribution >= 0.6 is 0 Å². The molecule has 0 atom stereocenters. The Bertz CT molecular complexity index is 144. The van der Waals surface area contributed by atoms with E-state index < -0.39 is 0 Å². The molecule has 0 saturated carbocycles. The van der Waals surface area contributed by atoms with Gasteiger partial charge < -0.3 is 0 Å². The highest BCUT2D eigenvalue weighted by Gasteiger charge is 2.05. The van der Waals surface area contributed by atoms with Crippen LogP contribution in [-0.2, 0) is 0 Å². The van der Waals surface area contributed by atoms with Gasteiger partial charge in [0.15, 0.2) is 0 Å². The molecule has 1 aliphatic rings. The van der Waals surface area contributed by atoms with Gasteiger partial charge in [-0.1, -0.05) is 46.5 Å². The highest BCUT2D eigenvalue weighted by molar-refractivity contribution is 4.97. The molecule has 1 fully saturated rings. The zero-order chi connectivity index (χ0) is 11.9. The normalized spacial score (nSPS) is 15.5. The highest BCUT2D eigenvalue weighted by Crippen LogP contribution is 2.08. The Morgan fingerprint density at radius 2 is 1.33 bits per heavy atom. The second-order valence-corrected chi connectivity index (χ2v) is 3.12. The summed E-state index contributed by atoms with van der Waals surface area (Å²) in [6.07, 6.45) is 5.56. The van der Waals surface area contributed by atoms with Gasteiger partial charge in [0.25, 0.3) is 0 Å². The maximum atomic E-state index is 3.12. The van der Waals surface area contributed by atoms with Crippen molar-refractivity contribution in [1.82, 2.24) is 4.90 Å². The molecule has 15 heavy (non-hydrogen) atoms. The van der Waals surface area contributed by atoms with Gasteiger partial charge in [-0.05, 0) is 32.9 Å². The average Bonchev–Trinajstić information content (AvgIpc) is 2.60. The van der Waals surface area contributed by atoms with Crippen LogP contribution in [0.25, 0.3) is 0 Å². The van der Waals surface area contributed by atoms with Crippen LogP contribution in [0, 0.1) is 11.8 Å². The summed E-state index contributed by atoms with van der Waals surface area (Å²) in [7, 11) is 0. The first-order chi connectivity index (χ1) is 7.43. The molecule has 1 heteroatoms. The Kier molecular flexibility index (Phi) is 18.0. The highest BCUT2D eigenvalue weighted by atomic mass is 15.1. The second kappa shape index (κ2) is 16.0. The van der Waals surface area contributed by atoms with E-state index in [0.29, 0.717) is 0 Å². The molecular weight excluding hydrogens is 182 g/mol. The Labute approximate surface area is 97.2 Å². The van der Waals surface area contributed by atoms with Crippen molar-refractivity contribution in [1.29, 1.82) is 0 Å². The molecular formula is C14H29N. The van der Waals surface area contributed by atoms with E-state index in [1.807, 2.05) is 34.6 Å². The molecule has 0 aliphatic carbocycles. The topological polar surface area (TPSA) is 3.24 Å². The van der Waals surface area contributed by atoms with Crippen LogP contribution in [-0.4, -0.2) is 24.5 Å². The third-order valence-electron chi connectivity index (χ3n) is 2.18. The van der Waals surface area contributed by atoms with Gasteiger partial charge in [0, 0.05) is 0 Å². The van der Waals surface area contributed by atoms with Crippen molar-refractivity contribution < 1.29 is 0 Å². The van der Waals surface area contributed by atoms with Gasteiger partial charge in [-0.25, -0.2) is 0 Å². The van der Waals surface area contributed by atoms with E-state index in [0.717, 1.165) is 6.54 Å². The SMILES string of the molecule is CC.CC.CC#CCN1CCCCCC1. The standard InChI is InChI=1S/C10H17N.2C2H6/c1-2-3-8-11-9-6-4-5-7-10-11;2*1-2/h4-10H2,1H3;2*1-2H3. The van der Waals surface area contributed by atoms with Gasteiger partial charge in [-0.2, -0.15) is 0 Å². The van der Waals surface area contributed by atoms with Gasteiger partial charge in [0.1, 0.15) is 0 Å². The van der Waals surface area contributed by atoms with Crippen molar-refractivity contribution in [2.24, 2.45) is 0 Å². The molecule has 0 aromatic rings. The van der Waals surface area contributed by atoms with E-state index in [1.54, 1.807) is 0 Å². The lowest BCUT2D eigenvalue weighted by Gasteiger charge is -2.15. The van der Waals surface area contributed by atoms with Crippen LogP contribution < -0.4 is 0 Å². The van der Waals surface area contributed by atoms with Crippen molar-refractivity contribution in [3.63, 3.8) is 0 Å². The summed E-state index contributed by atoms with van der Waals surface area (Å²) in [4.78, 5) is 2.46. The molecule has 0 bridgehead atoms. The van der Waals surface area contributed by atoms with Crippen molar-refractivity contribution in [2.75, 3.05) is 19.6 Å². The van der Waals surface area contributed by atoms with Crippen molar-refractivity contribution in [3.05, 3.63) is 0 Å². The minimum absolute atomic E-state index is 0.983. The maximum absolute atomic E-state index is 3.12. The van der Waals surface area contributed by atoms with Crippen molar-refractivity contribution in [2.45, 2.75) is 60.3 Å². The largest absolute Gasteiger partial charge is 0.292 e. The average molecular weight is 211 g/mol. The van der Waals surface area contributed by atoms with Crippen LogP contribution in [0.3, 0.4) is 0 Å². The fourth-order valence-electron chi connectivity index (χ4n) is 1.49. The minimum Gasteiger partial charge on any atom is -0.292 e. The summed E-state index contributed by atoms with van der Waals surface area (Å²) in [6, 6.07) is 0. The Morgan fingerprint density at radius 1 is 0.867 bits per heavy atom. The third kappa shape index (κ3) is 11.4. The summed E-state index contributed by atoms with van der Waals surface area (Å²) in [6.45, 7) is 13.4. The molecule has 1 rings (SSSR count). The molecule has 0 radical (unpaired) electrons. The lowest BCUT2D eigenvalue weighted by molar-refractivity contribution is 0.320. The van der Waals surface area contributed by atoms with Crippen LogP contribution in [0.15, 0.2) is 0 Å². The van der Waals surface area contributed by atoms with E-state index in [1.165, 1.54) is 38.8 Å². The summed E-state index contributed by atoms with van der Waals surface area (Å²) in [5.41, 5.74) is 0. The molecule has 1 saturated heterocycles. The first-order valence-electron chi connectivity index (χ1n) is 6.55. The number of nitrogens with zero attached hydrogens (tertiary/aromatic N) is 1. The number of hydrogen-bond donors (Lipinski definition) is 0. The summed E-state index contributed by atoms with van der Waals surface area (Å²) >= 11 is 0. The molecule has 0 N–H and O–H groups in total. The third-order valence-corrected chi connectivity index (χ3v) is 2.18. The van der Waals surface area contributed by atoms with Crippen molar-refractivity contribution >= 4 is 0 Å². The Balaban J connectivity index is 0. The maximum Gasteiger partial charge on any atom is 0.0601 e. The summed E-state index contributed by atoms with van der Waals surface area (Å²) < 4.78 is 0. The summed E-state index contributed by atoms with van der Waals surface area (Å²) in [5, 5.41) is 0. The lowest BCUT2D eigenvalue weighted by atomic mass is 10.2. The van der Waals surface area contributed by atoms with E-state index in [4.69, 9.17) is 0 Å². The first kappa shape index (κ1) is 16.9. The second-order valence-electron chi connectivity index (χ2n) is 3.12. The van der Waals surface area contributed by atoms with E-state index in [9.17, 15) is 0 Å². The van der Waals surface area contributed by atoms with E-state index in [2.05, 4.69) is 16.7 Å². The predicted octanol–water partition coefficient (Wildman–Crippen LogP) is 3.94. The minimum atomic E-state index is 0.983. The van der Waals surface area contributed by atoms with Gasteiger partial charge in [-0.15, -0.1) is 5.92 Å². The number of rotatable bonds is 1. The molecule has 1 heterocycles. The van der Waals surface area contributed by atoms with Crippen LogP contribution in [0.2, 0.25) is 0 Å². The van der Waals surface area contributed by atoms with E-state index in [-0.39, 0.29) is 0 Å². The predicted molar refractivity (Wildman–Crippen MR) is 71.1 cm³/mol. The quantitative estimate of drug-likeness (QED) is 0.594. The van der Waals surface area contributed by atoms with Crippen LogP contribution in [0.1, 0.15) is 60.3 Å². The molecule has 90 valence electrons. The summed E-state index contributed by atoms with van der Waals surface area (Å²) in [5.74, 6) is 6.07. The Morgan fingerprint density at radius 3 is 1.73 bits per heavy atom. The zero-order valence-electron chi connectivity index (χ0n) is 11.4. The molecule has 0 amide bonds. The molecule has 0 spiro atoms. The molecule has 0 unspecified atom stereocenters. The molecule has 1 aliphatic heterocycles. The first-order valence-corrected chi connectivity index (χ1v) is 6.55. The van der Waals surface area contributed by atoms with Crippen molar-refractivity contribution in [3.8, 4) is 11.8 Å². The van der Waals surface area contributed by atoms with Gasteiger partial charge in [0.05, 0.1) is 6.54 Å². The fourth-order valence-corrected chi connectivity index (χ4v) is 1.49. The monoisotopic (exact) mass is 211 g/mol. The lowest BCUT2D eigenvalue weighted by Crippen LogP contribution is -2.24. The van der Waals surface area contributed by atoms with Gasteiger partial charge >= 0.3 is 0 Å². The number of likely N-dealkylation sites (tertiary alicyclic amines) is 1. The van der Waals surface area contributed by atoms with Gasteiger partial charge in [0.2, 0.25) is 0 Å². The number of hydrogen-bond acceptors (Lipinski definition) is 1.